The van der Waals surface area contributed by atoms with Crippen LogP contribution in [0.5, 0.6) is 0 Å². The Balaban J connectivity index is 1.79. The van der Waals surface area contributed by atoms with E-state index in [4.69, 9.17) is 0 Å². The zero-order chi connectivity index (χ0) is 19.2. The van der Waals surface area contributed by atoms with E-state index < -0.39 is 0 Å². The molecule has 27 heavy (non-hydrogen) atoms. The molecule has 6 heteroatoms. The average molecular weight is 370 g/mol. The first-order valence-electron chi connectivity index (χ1n) is 9.99. The van der Waals surface area contributed by atoms with Gasteiger partial charge in [0.2, 0.25) is 0 Å². The molecule has 0 radical (unpaired) electrons. The molecule has 0 bridgehead atoms. The molecule has 0 saturated heterocycles. The number of urea groups is 1. The molecule has 1 saturated carbocycles. The highest BCUT2D eigenvalue weighted by Gasteiger charge is 2.29. The largest absolute Gasteiger partial charge is 0.336 e. The lowest BCUT2D eigenvalue weighted by molar-refractivity contribution is 0.144. The van der Waals surface area contributed by atoms with Crippen molar-refractivity contribution >= 4 is 6.03 Å². The molecular formula is C21H31N5O. The Morgan fingerprint density at radius 3 is 2.67 bits per heavy atom. The molecule has 6 nitrogen and oxygen atoms in total. The van der Waals surface area contributed by atoms with Crippen LogP contribution in [0, 0.1) is 5.92 Å². The molecule has 2 aromatic rings. The van der Waals surface area contributed by atoms with E-state index >= 15 is 0 Å². The number of aromatic nitrogens is 3. The van der Waals surface area contributed by atoms with Crippen molar-refractivity contribution in [3.05, 3.63) is 48.3 Å². The second kappa shape index (κ2) is 9.02. The molecule has 2 aromatic heterocycles. The van der Waals surface area contributed by atoms with Crippen LogP contribution in [0.25, 0.3) is 0 Å². The van der Waals surface area contributed by atoms with Crippen molar-refractivity contribution in [3.8, 4) is 0 Å². The molecule has 3 rings (SSSR count). The zero-order valence-corrected chi connectivity index (χ0v) is 16.6. The minimum atomic E-state index is -0.113. The van der Waals surface area contributed by atoms with Crippen LogP contribution >= 0.6 is 0 Å². The summed E-state index contributed by atoms with van der Waals surface area (Å²) >= 11 is 0. The normalized spacial score (nSPS) is 16.3. The van der Waals surface area contributed by atoms with E-state index in [9.17, 15) is 4.79 Å². The number of aryl methyl sites for hydroxylation is 1. The quantitative estimate of drug-likeness (QED) is 0.835. The van der Waals surface area contributed by atoms with E-state index in [0.717, 1.165) is 24.2 Å². The van der Waals surface area contributed by atoms with Gasteiger partial charge in [0.15, 0.2) is 0 Å². The third-order valence-electron chi connectivity index (χ3n) is 5.43. The van der Waals surface area contributed by atoms with Gasteiger partial charge in [0.05, 0.1) is 6.04 Å². The monoisotopic (exact) mass is 369 g/mol. The van der Waals surface area contributed by atoms with Crippen LogP contribution in [-0.2, 0) is 13.6 Å². The smallest absolute Gasteiger partial charge is 0.318 e. The van der Waals surface area contributed by atoms with Crippen molar-refractivity contribution in [2.45, 2.75) is 64.6 Å². The molecular weight excluding hydrogens is 338 g/mol. The van der Waals surface area contributed by atoms with Gasteiger partial charge in [-0.3, -0.25) is 4.98 Å². The second-order valence-electron chi connectivity index (χ2n) is 7.85. The number of hydrogen-bond donors (Lipinski definition) is 1. The van der Waals surface area contributed by atoms with Crippen LogP contribution in [0.2, 0.25) is 0 Å². The summed E-state index contributed by atoms with van der Waals surface area (Å²) in [6, 6.07) is 4.13. The minimum Gasteiger partial charge on any atom is -0.336 e. The Kier molecular flexibility index (Phi) is 6.48. The van der Waals surface area contributed by atoms with Crippen molar-refractivity contribution in [3.63, 3.8) is 0 Å². The fraction of sp³-hybridized carbons (Fsp3) is 0.571. The first kappa shape index (κ1) is 19.4. The number of imidazole rings is 1. The lowest BCUT2D eigenvalue weighted by atomic mass is 9.94. The molecule has 0 unspecified atom stereocenters. The number of pyridine rings is 1. The number of rotatable bonds is 6. The second-order valence-corrected chi connectivity index (χ2v) is 7.85. The SMILES string of the molecule is CC(C)[C@H](NC(=O)N(Cc1cccnc1)C1CCCCC1)c1nccn1C. The Bertz CT molecular complexity index is 721. The van der Waals surface area contributed by atoms with Crippen LogP contribution in [0.4, 0.5) is 4.79 Å². The van der Waals surface area contributed by atoms with Gasteiger partial charge in [-0.2, -0.15) is 0 Å². The summed E-state index contributed by atoms with van der Waals surface area (Å²) in [4.78, 5) is 24.0. The van der Waals surface area contributed by atoms with E-state index in [0.29, 0.717) is 6.54 Å². The molecule has 1 fully saturated rings. The summed E-state index contributed by atoms with van der Waals surface area (Å²) in [6.07, 6.45) is 13.1. The molecule has 0 spiro atoms. The lowest BCUT2D eigenvalue weighted by Crippen LogP contribution is -2.48. The molecule has 0 aliphatic heterocycles. The van der Waals surface area contributed by atoms with Gasteiger partial charge in [0.1, 0.15) is 5.82 Å². The molecule has 146 valence electrons. The van der Waals surface area contributed by atoms with Crippen molar-refractivity contribution in [2.75, 3.05) is 0 Å². The number of amides is 2. The molecule has 1 aliphatic rings. The molecule has 2 heterocycles. The first-order valence-corrected chi connectivity index (χ1v) is 9.99. The topological polar surface area (TPSA) is 63.1 Å². The summed E-state index contributed by atoms with van der Waals surface area (Å²) in [7, 11) is 1.97. The standard InChI is InChI=1S/C21H31N5O/c1-16(2)19(20-23-12-13-25(20)3)24-21(27)26(18-9-5-4-6-10-18)15-17-8-7-11-22-14-17/h7-8,11-14,16,18-19H,4-6,9-10,15H2,1-3H3,(H,24,27)/t19-/m0/s1. The summed E-state index contributed by atoms with van der Waals surface area (Å²) in [5.41, 5.74) is 1.07. The van der Waals surface area contributed by atoms with Gasteiger partial charge in [-0.1, -0.05) is 39.2 Å². The number of carbonyl (C=O) groups is 1. The van der Waals surface area contributed by atoms with Crippen LogP contribution < -0.4 is 5.32 Å². The van der Waals surface area contributed by atoms with Gasteiger partial charge >= 0.3 is 6.03 Å². The summed E-state index contributed by atoms with van der Waals surface area (Å²) in [6.45, 7) is 4.83. The number of nitrogens with zero attached hydrogens (tertiary/aromatic N) is 4. The predicted molar refractivity (Wildman–Crippen MR) is 106 cm³/mol. The van der Waals surface area contributed by atoms with Gasteiger partial charge in [-0.05, 0) is 30.4 Å². The van der Waals surface area contributed by atoms with Crippen molar-refractivity contribution in [1.82, 2.24) is 24.8 Å². The zero-order valence-electron chi connectivity index (χ0n) is 16.6. The molecule has 0 aromatic carbocycles. The van der Waals surface area contributed by atoms with Crippen molar-refractivity contribution in [1.29, 1.82) is 0 Å². The summed E-state index contributed by atoms with van der Waals surface area (Å²) in [5, 5.41) is 3.26. The Labute approximate surface area is 162 Å². The van der Waals surface area contributed by atoms with E-state index in [2.05, 4.69) is 29.1 Å². The minimum absolute atomic E-state index is 0.00699. The first-order chi connectivity index (χ1) is 13.1. The van der Waals surface area contributed by atoms with Gasteiger partial charge in [0, 0.05) is 44.4 Å². The average Bonchev–Trinajstić information content (AvgIpc) is 3.11. The highest BCUT2D eigenvalue weighted by atomic mass is 16.2. The highest BCUT2D eigenvalue weighted by Crippen LogP contribution is 2.26. The van der Waals surface area contributed by atoms with E-state index in [1.54, 1.807) is 12.4 Å². The van der Waals surface area contributed by atoms with E-state index in [1.807, 2.05) is 41.0 Å². The van der Waals surface area contributed by atoms with E-state index in [-0.39, 0.29) is 24.0 Å². The third-order valence-corrected chi connectivity index (χ3v) is 5.43. The maximum Gasteiger partial charge on any atom is 0.318 e. The van der Waals surface area contributed by atoms with Crippen LogP contribution in [-0.4, -0.2) is 31.5 Å². The molecule has 1 aliphatic carbocycles. The summed E-state index contributed by atoms with van der Waals surface area (Å²) in [5.74, 6) is 1.14. The van der Waals surface area contributed by atoms with Gasteiger partial charge in [-0.15, -0.1) is 0 Å². The van der Waals surface area contributed by atoms with Crippen LogP contribution in [0.3, 0.4) is 0 Å². The van der Waals surface area contributed by atoms with Gasteiger partial charge < -0.3 is 14.8 Å². The van der Waals surface area contributed by atoms with Crippen molar-refractivity contribution < 1.29 is 4.79 Å². The fourth-order valence-electron chi connectivity index (χ4n) is 3.87. The van der Waals surface area contributed by atoms with Crippen molar-refractivity contribution in [2.24, 2.45) is 13.0 Å². The third kappa shape index (κ3) is 4.87. The van der Waals surface area contributed by atoms with Gasteiger partial charge in [0.25, 0.3) is 0 Å². The molecule has 2 amide bonds. The predicted octanol–water partition coefficient (Wildman–Crippen LogP) is 4.06. The lowest BCUT2D eigenvalue weighted by Gasteiger charge is -2.36. The highest BCUT2D eigenvalue weighted by molar-refractivity contribution is 5.75. The Hall–Kier alpha value is -2.37. The number of hydrogen-bond acceptors (Lipinski definition) is 3. The Morgan fingerprint density at radius 2 is 2.07 bits per heavy atom. The number of carbonyl (C=O) groups excluding carboxylic acids is 1. The maximum atomic E-state index is 13.3. The van der Waals surface area contributed by atoms with Crippen LogP contribution in [0.1, 0.15) is 63.4 Å². The van der Waals surface area contributed by atoms with Crippen LogP contribution in [0.15, 0.2) is 36.9 Å². The Morgan fingerprint density at radius 1 is 1.30 bits per heavy atom. The van der Waals surface area contributed by atoms with Gasteiger partial charge in [-0.25, -0.2) is 9.78 Å². The fourth-order valence-corrected chi connectivity index (χ4v) is 3.87. The maximum absolute atomic E-state index is 13.3. The van der Waals surface area contributed by atoms with E-state index in [1.165, 1.54) is 19.3 Å². The molecule has 1 atom stereocenters. The summed E-state index contributed by atoms with van der Waals surface area (Å²) < 4.78 is 1.98. The number of nitrogens with one attached hydrogen (secondary N) is 1. The molecule has 1 N–H and O–H groups in total.